The molecule has 11 atom stereocenters. The first-order valence-electron chi connectivity index (χ1n) is 17.1. The molecule has 2 saturated heterocycles. The van der Waals surface area contributed by atoms with Gasteiger partial charge in [0.1, 0.15) is 55.9 Å². The molecule has 0 radical (unpaired) electrons. The van der Waals surface area contributed by atoms with Crippen molar-refractivity contribution in [2.24, 2.45) is 0 Å². The molecule has 0 spiro atoms. The number of allylic oxidation sites excluding steroid dienone is 4. The van der Waals surface area contributed by atoms with Gasteiger partial charge in [-0.3, -0.25) is 14.4 Å². The summed E-state index contributed by atoms with van der Waals surface area (Å²) in [4.78, 5) is 35.8. The molecule has 4 N–H and O–H groups in total. The minimum absolute atomic E-state index is 0.0843. The van der Waals surface area contributed by atoms with Crippen molar-refractivity contribution in [3.8, 4) is 0 Å². The number of fused-ring (bicyclic) bond motifs is 18. The van der Waals surface area contributed by atoms with Crippen LogP contribution in [-0.4, -0.2) is 119 Å². The molecule has 2 fully saturated rings. The summed E-state index contributed by atoms with van der Waals surface area (Å²) in [6, 6.07) is 0. The molecule has 0 aliphatic carbocycles. The maximum Gasteiger partial charge on any atom is 0.306 e. The van der Waals surface area contributed by atoms with E-state index >= 15 is 0 Å². The van der Waals surface area contributed by atoms with Crippen LogP contribution in [0.4, 0.5) is 0 Å². The maximum atomic E-state index is 12.7. The van der Waals surface area contributed by atoms with E-state index in [1.807, 2.05) is 6.92 Å². The Labute approximate surface area is 282 Å². The molecule has 4 heterocycles. The van der Waals surface area contributed by atoms with Crippen LogP contribution < -0.4 is 0 Å². The van der Waals surface area contributed by atoms with E-state index in [9.17, 15) is 34.8 Å². The third-order valence-electron chi connectivity index (χ3n) is 8.45. The molecule has 274 valence electrons. The number of carbonyl (C=O) groups excluding carboxylic acids is 3. The number of aliphatic hydroxyl groups is 4. The molecule has 14 nitrogen and oxygen atoms in total. The van der Waals surface area contributed by atoms with Crippen molar-refractivity contribution in [2.75, 3.05) is 13.2 Å². The number of ether oxygens (including phenoxy) is 7. The lowest BCUT2D eigenvalue weighted by atomic mass is 9.97. The molecule has 4 rings (SSSR count). The van der Waals surface area contributed by atoms with E-state index in [1.165, 1.54) is 13.8 Å². The van der Waals surface area contributed by atoms with Crippen LogP contribution in [0.15, 0.2) is 24.3 Å². The highest BCUT2D eigenvalue weighted by Gasteiger charge is 2.52. The molecule has 0 amide bonds. The van der Waals surface area contributed by atoms with Crippen LogP contribution in [0.1, 0.15) is 91.4 Å². The summed E-state index contributed by atoms with van der Waals surface area (Å²) in [6.07, 6.45) is 1.67. The molecule has 4 aliphatic rings. The molecule has 1 unspecified atom stereocenters. The Kier molecular flexibility index (Phi) is 17.4. The Morgan fingerprint density at radius 1 is 0.688 bits per heavy atom. The normalized spacial score (nSPS) is 38.1. The first-order valence-corrected chi connectivity index (χ1v) is 17.1. The van der Waals surface area contributed by atoms with Crippen molar-refractivity contribution in [1.29, 1.82) is 0 Å². The first-order chi connectivity index (χ1) is 23.0. The third-order valence-corrected chi connectivity index (χ3v) is 8.45. The van der Waals surface area contributed by atoms with Crippen molar-refractivity contribution in [2.45, 2.75) is 159 Å². The van der Waals surface area contributed by atoms with Crippen LogP contribution in [-0.2, 0) is 47.5 Å². The number of esters is 3. The Balaban J connectivity index is 1.83. The summed E-state index contributed by atoms with van der Waals surface area (Å²) < 4.78 is 39.5. The highest BCUT2D eigenvalue weighted by atomic mass is 16.8. The Morgan fingerprint density at radius 2 is 1.27 bits per heavy atom. The van der Waals surface area contributed by atoms with Crippen LogP contribution >= 0.6 is 0 Å². The van der Waals surface area contributed by atoms with Crippen molar-refractivity contribution >= 4 is 17.9 Å². The van der Waals surface area contributed by atoms with Crippen molar-refractivity contribution in [3.63, 3.8) is 0 Å². The monoisotopic (exact) mass is 686 g/mol. The molecular weight excluding hydrogens is 632 g/mol. The number of carbonyl (C=O) groups is 3. The van der Waals surface area contributed by atoms with Crippen molar-refractivity contribution in [3.05, 3.63) is 24.3 Å². The summed E-state index contributed by atoms with van der Waals surface area (Å²) in [5, 5.41) is 44.2. The fourth-order valence-electron chi connectivity index (χ4n) is 5.75. The molecule has 0 aromatic heterocycles. The fourth-order valence-corrected chi connectivity index (χ4v) is 5.75. The second-order valence-corrected chi connectivity index (χ2v) is 12.6. The molecular formula is C34H54O14. The Bertz CT molecular complexity index is 1050. The predicted octanol–water partition coefficient (Wildman–Crippen LogP) is 2.13. The Morgan fingerprint density at radius 3 is 1.96 bits per heavy atom. The highest BCUT2D eigenvalue weighted by Crippen LogP contribution is 2.32. The van der Waals surface area contributed by atoms with E-state index < -0.39 is 92.0 Å². The molecule has 14 heteroatoms. The van der Waals surface area contributed by atoms with Gasteiger partial charge in [-0.25, -0.2) is 0 Å². The molecule has 2 bridgehead atoms. The van der Waals surface area contributed by atoms with Gasteiger partial charge in [-0.2, -0.15) is 0 Å². The van der Waals surface area contributed by atoms with E-state index in [1.54, 1.807) is 0 Å². The predicted molar refractivity (Wildman–Crippen MR) is 169 cm³/mol. The van der Waals surface area contributed by atoms with E-state index in [-0.39, 0.29) is 13.0 Å². The second kappa shape index (κ2) is 20.9. The lowest BCUT2D eigenvalue weighted by molar-refractivity contribution is -0.371. The van der Waals surface area contributed by atoms with Crippen molar-refractivity contribution < 1.29 is 68.0 Å². The maximum absolute atomic E-state index is 12.7. The average molecular weight is 687 g/mol. The van der Waals surface area contributed by atoms with Gasteiger partial charge in [0.2, 0.25) is 0 Å². The zero-order chi connectivity index (χ0) is 35.1. The number of hydrogen-bond acceptors (Lipinski definition) is 14. The second-order valence-electron chi connectivity index (χ2n) is 12.6. The van der Waals surface area contributed by atoms with Crippen LogP contribution in [0.3, 0.4) is 0 Å². The number of rotatable bonds is 4. The molecule has 0 aromatic carbocycles. The van der Waals surface area contributed by atoms with Gasteiger partial charge in [-0.15, -0.1) is 0 Å². The van der Waals surface area contributed by atoms with Gasteiger partial charge in [0, 0.05) is 20.3 Å². The van der Waals surface area contributed by atoms with Gasteiger partial charge in [-0.05, 0) is 51.9 Å². The van der Waals surface area contributed by atoms with E-state index in [0.717, 1.165) is 51.4 Å². The Hall–Kier alpha value is -2.43. The SMILES string of the molecule is CC(=O)OC[C@H]1O[C@H]2OC(C)CCC/C=C/C/C=C/CCCCCCCC(=O)O[C@H]3[C@H](O)[C@@H](O)[C@H](O[C@@H]2[C@@H](O)[C@@H]1O)O[C@@H]3COC(C)=O. The van der Waals surface area contributed by atoms with Gasteiger partial charge in [0.05, 0.1) is 6.10 Å². The van der Waals surface area contributed by atoms with Gasteiger partial charge < -0.3 is 53.6 Å². The number of hydrogen-bond donors (Lipinski definition) is 4. The first kappa shape index (κ1) is 40.0. The molecule has 48 heavy (non-hydrogen) atoms. The van der Waals surface area contributed by atoms with Gasteiger partial charge >= 0.3 is 17.9 Å². The molecule has 0 aromatic rings. The lowest BCUT2D eigenvalue weighted by Crippen LogP contribution is -2.65. The van der Waals surface area contributed by atoms with Crippen LogP contribution in [0.25, 0.3) is 0 Å². The lowest BCUT2D eigenvalue weighted by Gasteiger charge is -2.47. The smallest absolute Gasteiger partial charge is 0.306 e. The minimum Gasteiger partial charge on any atom is -0.463 e. The minimum atomic E-state index is -1.79. The van der Waals surface area contributed by atoms with Gasteiger partial charge in [0.25, 0.3) is 0 Å². The third kappa shape index (κ3) is 13.1. The van der Waals surface area contributed by atoms with Gasteiger partial charge in [0.15, 0.2) is 18.7 Å². The largest absolute Gasteiger partial charge is 0.463 e. The van der Waals surface area contributed by atoms with E-state index in [0.29, 0.717) is 12.8 Å². The van der Waals surface area contributed by atoms with Gasteiger partial charge in [-0.1, -0.05) is 43.6 Å². The van der Waals surface area contributed by atoms with Crippen LogP contribution in [0.2, 0.25) is 0 Å². The molecule has 4 aliphatic heterocycles. The van der Waals surface area contributed by atoms with Crippen molar-refractivity contribution in [1.82, 2.24) is 0 Å². The summed E-state index contributed by atoms with van der Waals surface area (Å²) in [5.41, 5.74) is 0. The summed E-state index contributed by atoms with van der Waals surface area (Å²) in [5.74, 6) is -1.88. The highest BCUT2D eigenvalue weighted by molar-refractivity contribution is 5.69. The standard InChI is InChI=1S/C34H54O14/c1-21-17-15-13-11-9-7-5-4-6-8-10-12-14-16-18-26(37)47-31-25(20-43-23(3)36)46-33(30(41)29(31)40)48-32-28(39)27(38)24(19-42-22(2)35)45-34(32)44-21/h4-5,9,11,21,24-25,27-34,38-41H,6-8,10,12-20H2,1-3H3/b5-4+,11-9+/t21?,24-,25-,27-,28+,29-,30-,31-,32-,33+,34-/m1/s1. The van der Waals surface area contributed by atoms with E-state index in [4.69, 9.17) is 33.2 Å². The summed E-state index contributed by atoms with van der Waals surface area (Å²) in [7, 11) is 0. The zero-order valence-electron chi connectivity index (χ0n) is 28.2. The summed E-state index contributed by atoms with van der Waals surface area (Å²) >= 11 is 0. The number of aliphatic hydroxyl groups excluding tert-OH is 4. The summed E-state index contributed by atoms with van der Waals surface area (Å²) in [6.45, 7) is 3.37. The zero-order valence-corrected chi connectivity index (χ0v) is 28.2. The quantitative estimate of drug-likeness (QED) is 0.191. The van der Waals surface area contributed by atoms with Crippen LogP contribution in [0, 0.1) is 0 Å². The topological polar surface area (TPSA) is 197 Å². The van der Waals surface area contributed by atoms with E-state index in [2.05, 4.69) is 24.3 Å². The fraction of sp³-hybridized carbons (Fsp3) is 0.794. The average Bonchev–Trinajstić information content (AvgIpc) is 3.03. The molecule has 0 saturated carbocycles. The van der Waals surface area contributed by atoms with Crippen LogP contribution in [0.5, 0.6) is 0 Å².